The summed E-state index contributed by atoms with van der Waals surface area (Å²) in [5.41, 5.74) is 0. The Kier molecular flexibility index (Phi) is 37.7. The van der Waals surface area contributed by atoms with Crippen LogP contribution in [-0.4, -0.2) is 37.0 Å². The second-order valence-electron chi connectivity index (χ2n) is 12.3. The summed E-state index contributed by atoms with van der Waals surface area (Å²) in [6.45, 7) is 5.12. The maximum absolute atomic E-state index is 12.1. The molecule has 0 rings (SSSR count). The first-order valence-electron chi connectivity index (χ1n) is 19.2. The topological polar surface area (TPSA) is 55.8 Å². The van der Waals surface area contributed by atoms with E-state index in [-0.39, 0.29) is 19.2 Å². The fraction of sp³-hybridized carbons (Fsp3) is 0.651. The lowest BCUT2D eigenvalue weighted by Gasteiger charge is -2.15. The molecule has 1 N–H and O–H groups in total. The number of aliphatic hydroxyl groups is 1. The predicted molar refractivity (Wildman–Crippen MR) is 205 cm³/mol. The normalized spacial score (nSPS) is 13.3. The van der Waals surface area contributed by atoms with E-state index in [0.717, 1.165) is 64.2 Å². The minimum absolute atomic E-state index is 0.202. The van der Waals surface area contributed by atoms with Gasteiger partial charge in [-0.2, -0.15) is 0 Å². The molecule has 0 spiro atoms. The Morgan fingerprint density at radius 3 is 1.45 bits per heavy atom. The first-order chi connectivity index (χ1) is 23.2. The van der Waals surface area contributed by atoms with Gasteiger partial charge < -0.3 is 14.6 Å². The molecule has 0 bridgehead atoms. The van der Waals surface area contributed by atoms with Crippen molar-refractivity contribution in [1.29, 1.82) is 0 Å². The van der Waals surface area contributed by atoms with Gasteiger partial charge in [-0.05, 0) is 83.5 Å². The van der Waals surface area contributed by atoms with Crippen molar-refractivity contribution in [3.05, 3.63) is 85.1 Å². The second kappa shape index (κ2) is 39.7. The minimum Gasteiger partial charge on any atom is -0.457 e. The summed E-state index contributed by atoms with van der Waals surface area (Å²) in [6.07, 6.45) is 54.9. The summed E-state index contributed by atoms with van der Waals surface area (Å²) < 4.78 is 11.1. The van der Waals surface area contributed by atoms with E-state index in [1.165, 1.54) is 70.6 Å². The number of rotatable bonds is 34. The minimum atomic E-state index is -0.571. The number of carbonyl (C=O) groups is 1. The number of ether oxygens (including phenoxy) is 2. The van der Waals surface area contributed by atoms with E-state index in [2.05, 4.69) is 98.9 Å². The Morgan fingerprint density at radius 2 is 0.957 bits per heavy atom. The molecule has 0 radical (unpaired) electrons. The predicted octanol–water partition coefficient (Wildman–Crippen LogP) is 12.4. The molecule has 0 fully saturated rings. The summed E-state index contributed by atoms with van der Waals surface area (Å²) in [7, 11) is 0. The molecule has 1 atom stereocenters. The highest BCUT2D eigenvalue weighted by Crippen LogP contribution is 2.11. The highest BCUT2D eigenvalue weighted by Gasteiger charge is 2.13. The third-order valence-corrected chi connectivity index (χ3v) is 7.70. The Bertz CT molecular complexity index is 861. The van der Waals surface area contributed by atoms with Crippen LogP contribution >= 0.6 is 0 Å². The van der Waals surface area contributed by atoms with Crippen molar-refractivity contribution in [1.82, 2.24) is 0 Å². The van der Waals surface area contributed by atoms with E-state index < -0.39 is 6.10 Å². The zero-order valence-electron chi connectivity index (χ0n) is 30.5. The maximum atomic E-state index is 12.1. The van der Waals surface area contributed by atoms with Crippen molar-refractivity contribution in [2.75, 3.05) is 19.8 Å². The van der Waals surface area contributed by atoms with Crippen molar-refractivity contribution in [2.24, 2.45) is 0 Å². The van der Waals surface area contributed by atoms with Gasteiger partial charge in [0.25, 0.3) is 0 Å². The molecular weight excluding hydrogens is 580 g/mol. The fourth-order valence-electron chi connectivity index (χ4n) is 4.86. The molecule has 0 aromatic heterocycles. The monoisotopic (exact) mass is 653 g/mol. The summed E-state index contributed by atoms with van der Waals surface area (Å²) in [6, 6.07) is 0. The molecule has 4 heteroatoms. The van der Waals surface area contributed by atoms with Crippen LogP contribution in [0.5, 0.6) is 0 Å². The van der Waals surface area contributed by atoms with E-state index in [9.17, 15) is 9.90 Å². The number of esters is 1. The third kappa shape index (κ3) is 37.9. The van der Waals surface area contributed by atoms with Gasteiger partial charge in [0, 0.05) is 13.0 Å². The Morgan fingerprint density at radius 1 is 0.532 bits per heavy atom. The number of allylic oxidation sites excluding steroid dienone is 14. The van der Waals surface area contributed by atoms with Gasteiger partial charge in [-0.3, -0.25) is 4.79 Å². The number of hydrogen-bond donors (Lipinski definition) is 1. The Balaban J connectivity index is 3.58. The molecule has 0 saturated heterocycles. The van der Waals surface area contributed by atoms with Crippen LogP contribution in [0.3, 0.4) is 0 Å². The molecule has 0 amide bonds. The highest BCUT2D eigenvalue weighted by molar-refractivity contribution is 5.69. The third-order valence-electron chi connectivity index (χ3n) is 7.70. The van der Waals surface area contributed by atoms with Gasteiger partial charge in [0.15, 0.2) is 0 Å². The first-order valence-corrected chi connectivity index (χ1v) is 19.2. The summed E-state index contributed by atoms with van der Waals surface area (Å²) in [4.78, 5) is 12.1. The average molecular weight is 653 g/mol. The van der Waals surface area contributed by atoms with E-state index in [0.29, 0.717) is 13.0 Å². The largest absolute Gasteiger partial charge is 0.457 e. The van der Waals surface area contributed by atoms with Crippen molar-refractivity contribution in [3.63, 3.8) is 0 Å². The molecule has 0 saturated carbocycles. The van der Waals surface area contributed by atoms with Gasteiger partial charge in [0.1, 0.15) is 6.10 Å². The lowest BCUT2D eigenvalue weighted by molar-refractivity contribution is -0.154. The van der Waals surface area contributed by atoms with Crippen LogP contribution in [0, 0.1) is 0 Å². The van der Waals surface area contributed by atoms with Gasteiger partial charge in [-0.25, -0.2) is 0 Å². The van der Waals surface area contributed by atoms with Crippen LogP contribution in [0.2, 0.25) is 0 Å². The molecule has 268 valence electrons. The molecule has 1 unspecified atom stereocenters. The zero-order chi connectivity index (χ0) is 34.1. The number of aliphatic hydroxyl groups excluding tert-OH is 1. The SMILES string of the molecule is CC/C=C\C/C=C\C/C=C\C/C=C\C/C=C\CCCC(=O)OC(CO)COCCCCCCCCCC/C=C\C/C=C\CCCCC. The van der Waals surface area contributed by atoms with Gasteiger partial charge in [0.05, 0.1) is 13.2 Å². The van der Waals surface area contributed by atoms with Crippen molar-refractivity contribution in [2.45, 2.75) is 161 Å². The van der Waals surface area contributed by atoms with Crippen LogP contribution in [0.25, 0.3) is 0 Å². The molecule has 4 nitrogen and oxygen atoms in total. The van der Waals surface area contributed by atoms with Gasteiger partial charge in [0.2, 0.25) is 0 Å². The quantitative estimate of drug-likeness (QED) is 0.0427. The van der Waals surface area contributed by atoms with Crippen LogP contribution in [0.15, 0.2) is 85.1 Å². The second-order valence-corrected chi connectivity index (χ2v) is 12.3. The molecule has 0 aromatic carbocycles. The van der Waals surface area contributed by atoms with Crippen LogP contribution in [0.1, 0.15) is 155 Å². The van der Waals surface area contributed by atoms with Crippen molar-refractivity contribution in [3.8, 4) is 0 Å². The number of unbranched alkanes of at least 4 members (excludes halogenated alkanes) is 12. The lowest BCUT2D eigenvalue weighted by Crippen LogP contribution is -2.27. The molecule has 47 heavy (non-hydrogen) atoms. The van der Waals surface area contributed by atoms with Crippen LogP contribution in [-0.2, 0) is 14.3 Å². The van der Waals surface area contributed by atoms with E-state index in [4.69, 9.17) is 9.47 Å². The summed E-state index contributed by atoms with van der Waals surface area (Å²) >= 11 is 0. The fourth-order valence-corrected chi connectivity index (χ4v) is 4.86. The van der Waals surface area contributed by atoms with E-state index in [1.807, 2.05) is 0 Å². The molecule has 0 aromatic rings. The molecule has 0 aliphatic heterocycles. The van der Waals surface area contributed by atoms with Gasteiger partial charge >= 0.3 is 5.97 Å². The van der Waals surface area contributed by atoms with Crippen molar-refractivity contribution < 1.29 is 19.4 Å². The molecule has 0 aliphatic carbocycles. The highest BCUT2D eigenvalue weighted by atomic mass is 16.6. The number of hydrogen-bond acceptors (Lipinski definition) is 4. The average Bonchev–Trinajstić information content (AvgIpc) is 3.08. The van der Waals surface area contributed by atoms with Gasteiger partial charge in [-0.1, -0.05) is 150 Å². The standard InChI is InChI=1S/C43H72O4/c1-3-5-7-9-11-13-15-17-19-21-23-25-27-29-31-33-35-37-39-46-41-42(40-44)47-43(45)38-36-34-32-30-28-26-24-22-20-18-16-14-12-10-8-6-4-2/h6,8,11-14,17-20,24,26,30,32,42,44H,3-5,7,9-10,15-16,21-23,25,27-29,31,33-41H2,1-2H3/b8-6-,13-11-,14-12-,19-17-,20-18-,26-24-,32-30-. The maximum Gasteiger partial charge on any atom is 0.306 e. The van der Waals surface area contributed by atoms with Crippen LogP contribution in [0.4, 0.5) is 0 Å². The lowest BCUT2D eigenvalue weighted by atomic mass is 10.1. The Labute approximate surface area is 290 Å². The van der Waals surface area contributed by atoms with Crippen LogP contribution < -0.4 is 0 Å². The summed E-state index contributed by atoms with van der Waals surface area (Å²) in [5.74, 6) is -0.263. The number of carbonyl (C=O) groups excluding carboxylic acids is 1. The first kappa shape index (κ1) is 44.6. The van der Waals surface area contributed by atoms with E-state index >= 15 is 0 Å². The molecule has 0 aliphatic rings. The van der Waals surface area contributed by atoms with Gasteiger partial charge in [-0.15, -0.1) is 0 Å². The van der Waals surface area contributed by atoms with E-state index in [1.54, 1.807) is 0 Å². The molecule has 0 heterocycles. The summed E-state index contributed by atoms with van der Waals surface area (Å²) in [5, 5.41) is 9.56. The molecular formula is C43H72O4. The Hall–Kier alpha value is -2.43. The smallest absolute Gasteiger partial charge is 0.306 e. The van der Waals surface area contributed by atoms with Crippen molar-refractivity contribution >= 4 is 5.97 Å². The zero-order valence-corrected chi connectivity index (χ0v) is 30.5.